The van der Waals surface area contributed by atoms with Gasteiger partial charge < -0.3 is 14.6 Å². The van der Waals surface area contributed by atoms with E-state index in [2.05, 4.69) is 34.1 Å². The van der Waals surface area contributed by atoms with Crippen molar-refractivity contribution < 1.29 is 19.4 Å². The number of hydrogen-bond donors (Lipinski definition) is 1. The molecule has 1 N–H and O–H groups in total. The van der Waals surface area contributed by atoms with Gasteiger partial charge in [0.25, 0.3) is 0 Å². The minimum Gasteiger partial charge on any atom is -0.481 e. The molecule has 1 saturated heterocycles. The summed E-state index contributed by atoms with van der Waals surface area (Å²) in [5, 5.41) is 11.6. The predicted molar refractivity (Wildman–Crippen MR) is 108 cm³/mol. The minimum atomic E-state index is -0.692. The number of benzene rings is 2. The minimum absolute atomic E-state index is 0.0248. The highest BCUT2D eigenvalue weighted by atomic mass is 16.7. The molecule has 0 aliphatic carbocycles. The molecule has 2 aromatic carbocycles. The topological polar surface area (TPSA) is 71.9 Å². The van der Waals surface area contributed by atoms with Crippen LogP contribution in [0.4, 0.5) is 0 Å². The van der Waals surface area contributed by atoms with Crippen molar-refractivity contribution in [1.82, 2.24) is 9.88 Å². The van der Waals surface area contributed by atoms with E-state index in [4.69, 9.17) is 9.47 Å². The quantitative estimate of drug-likeness (QED) is 0.730. The van der Waals surface area contributed by atoms with Crippen LogP contribution in [0.5, 0.6) is 11.5 Å². The number of rotatable bonds is 4. The van der Waals surface area contributed by atoms with Gasteiger partial charge in [0.1, 0.15) is 0 Å². The van der Waals surface area contributed by atoms with Crippen LogP contribution >= 0.6 is 0 Å². The monoisotopic (exact) mass is 390 g/mol. The third kappa shape index (κ3) is 3.40. The van der Waals surface area contributed by atoms with Crippen LogP contribution in [0.2, 0.25) is 0 Å². The molecule has 1 fully saturated rings. The fourth-order valence-corrected chi connectivity index (χ4v) is 4.37. The molecule has 6 nitrogen and oxygen atoms in total. The van der Waals surface area contributed by atoms with E-state index in [0.29, 0.717) is 12.8 Å². The molecule has 0 saturated carbocycles. The number of hydrogen-bond acceptors (Lipinski definition) is 5. The smallest absolute Gasteiger partial charge is 0.306 e. The normalized spacial score (nSPS) is 18.1. The van der Waals surface area contributed by atoms with Crippen LogP contribution in [-0.4, -0.2) is 40.8 Å². The molecule has 2 aliphatic rings. The molecule has 3 aromatic rings. The third-order valence-electron chi connectivity index (χ3n) is 5.94. The molecule has 148 valence electrons. The number of nitrogens with zero attached hydrogens (tertiary/aromatic N) is 2. The predicted octanol–water partition coefficient (Wildman–Crippen LogP) is 3.85. The van der Waals surface area contributed by atoms with E-state index in [1.54, 1.807) is 6.20 Å². The van der Waals surface area contributed by atoms with Gasteiger partial charge in [-0.25, -0.2) is 0 Å². The molecular formula is C23H22N2O4. The number of pyridine rings is 1. The first-order valence-electron chi connectivity index (χ1n) is 9.89. The Kier molecular flexibility index (Phi) is 4.56. The lowest BCUT2D eigenvalue weighted by molar-refractivity contribution is -0.143. The molecule has 0 radical (unpaired) electrons. The number of carbonyl (C=O) groups is 1. The SMILES string of the molecule is O=C(O)C1CCN(C(c2ccc3c(c2)OCO3)c2ccc3cnccc3c2)CC1. The maximum absolute atomic E-state index is 11.4. The summed E-state index contributed by atoms with van der Waals surface area (Å²) in [5.74, 6) is 0.577. The Labute approximate surface area is 168 Å². The van der Waals surface area contributed by atoms with Gasteiger partial charge in [0.05, 0.1) is 12.0 Å². The zero-order valence-corrected chi connectivity index (χ0v) is 16.0. The lowest BCUT2D eigenvalue weighted by Gasteiger charge is -2.37. The van der Waals surface area contributed by atoms with Crippen LogP contribution in [0, 0.1) is 5.92 Å². The summed E-state index contributed by atoms with van der Waals surface area (Å²) in [4.78, 5) is 18.0. The Morgan fingerprint density at radius 1 is 1.00 bits per heavy atom. The molecular weight excluding hydrogens is 368 g/mol. The molecule has 0 amide bonds. The van der Waals surface area contributed by atoms with Gasteiger partial charge in [-0.2, -0.15) is 0 Å². The van der Waals surface area contributed by atoms with E-state index in [1.807, 2.05) is 24.4 Å². The zero-order chi connectivity index (χ0) is 19.8. The van der Waals surface area contributed by atoms with Crippen molar-refractivity contribution in [3.63, 3.8) is 0 Å². The van der Waals surface area contributed by atoms with Gasteiger partial charge in [-0.1, -0.05) is 18.2 Å². The van der Waals surface area contributed by atoms with E-state index >= 15 is 0 Å². The molecule has 29 heavy (non-hydrogen) atoms. The molecule has 2 aliphatic heterocycles. The third-order valence-corrected chi connectivity index (χ3v) is 5.94. The second-order valence-electron chi connectivity index (χ2n) is 7.65. The largest absolute Gasteiger partial charge is 0.481 e. The van der Waals surface area contributed by atoms with Crippen molar-refractivity contribution >= 4 is 16.7 Å². The Morgan fingerprint density at radius 3 is 2.59 bits per heavy atom. The number of likely N-dealkylation sites (tertiary alicyclic amines) is 1. The Bertz CT molecular complexity index is 1060. The highest BCUT2D eigenvalue weighted by Gasteiger charge is 2.31. The maximum atomic E-state index is 11.4. The average molecular weight is 390 g/mol. The highest BCUT2D eigenvalue weighted by Crippen LogP contribution is 2.39. The first-order valence-corrected chi connectivity index (χ1v) is 9.89. The summed E-state index contributed by atoms with van der Waals surface area (Å²) in [6.07, 6.45) is 4.99. The Hall–Kier alpha value is -3.12. The van der Waals surface area contributed by atoms with Crippen molar-refractivity contribution in [3.05, 3.63) is 66.0 Å². The van der Waals surface area contributed by atoms with Crippen molar-refractivity contribution in [2.45, 2.75) is 18.9 Å². The molecule has 6 heteroatoms. The first kappa shape index (κ1) is 17.9. The van der Waals surface area contributed by atoms with Crippen molar-refractivity contribution in [1.29, 1.82) is 0 Å². The van der Waals surface area contributed by atoms with Crippen molar-refractivity contribution in [3.8, 4) is 11.5 Å². The van der Waals surface area contributed by atoms with Gasteiger partial charge in [0, 0.05) is 17.8 Å². The summed E-state index contributed by atoms with van der Waals surface area (Å²) < 4.78 is 11.1. The maximum Gasteiger partial charge on any atom is 0.306 e. The molecule has 0 spiro atoms. The number of piperidine rings is 1. The number of ether oxygens (including phenoxy) is 2. The summed E-state index contributed by atoms with van der Waals surface area (Å²) in [6, 6.07) is 14.6. The number of carboxylic acid groups (broad SMARTS) is 1. The highest BCUT2D eigenvalue weighted by molar-refractivity contribution is 5.82. The molecule has 1 aromatic heterocycles. The molecule has 1 atom stereocenters. The van der Waals surface area contributed by atoms with Gasteiger partial charge in [-0.3, -0.25) is 14.7 Å². The van der Waals surface area contributed by atoms with Crippen molar-refractivity contribution in [2.24, 2.45) is 5.92 Å². The molecule has 3 heterocycles. The van der Waals surface area contributed by atoms with Crippen LogP contribution in [0.25, 0.3) is 10.8 Å². The van der Waals surface area contributed by atoms with Crippen LogP contribution < -0.4 is 9.47 Å². The van der Waals surface area contributed by atoms with Crippen LogP contribution in [0.1, 0.15) is 30.0 Å². The number of fused-ring (bicyclic) bond motifs is 2. The Morgan fingerprint density at radius 2 is 1.76 bits per heavy atom. The lowest BCUT2D eigenvalue weighted by atomic mass is 9.90. The number of aliphatic carboxylic acids is 1. The second-order valence-corrected chi connectivity index (χ2v) is 7.65. The zero-order valence-electron chi connectivity index (χ0n) is 16.0. The van der Waals surface area contributed by atoms with Gasteiger partial charge in [-0.05, 0) is 66.7 Å². The van der Waals surface area contributed by atoms with Gasteiger partial charge in [-0.15, -0.1) is 0 Å². The summed E-state index contributed by atoms with van der Waals surface area (Å²) >= 11 is 0. The fourth-order valence-electron chi connectivity index (χ4n) is 4.37. The lowest BCUT2D eigenvalue weighted by Crippen LogP contribution is -2.39. The number of carboxylic acids is 1. The summed E-state index contributed by atoms with van der Waals surface area (Å²) in [5.41, 5.74) is 2.30. The Balaban J connectivity index is 1.54. The van der Waals surface area contributed by atoms with E-state index in [9.17, 15) is 9.90 Å². The molecule has 1 unspecified atom stereocenters. The van der Waals surface area contributed by atoms with Gasteiger partial charge in [0.2, 0.25) is 6.79 Å². The average Bonchev–Trinajstić information content (AvgIpc) is 3.22. The van der Waals surface area contributed by atoms with Crippen LogP contribution in [0.3, 0.4) is 0 Å². The summed E-state index contributed by atoms with van der Waals surface area (Å²) in [7, 11) is 0. The van der Waals surface area contributed by atoms with Crippen molar-refractivity contribution in [2.75, 3.05) is 19.9 Å². The molecule has 5 rings (SSSR count). The molecule has 0 bridgehead atoms. The fraction of sp³-hybridized carbons (Fsp3) is 0.304. The van der Waals surface area contributed by atoms with E-state index < -0.39 is 5.97 Å². The van der Waals surface area contributed by atoms with Crippen LogP contribution in [0.15, 0.2) is 54.9 Å². The van der Waals surface area contributed by atoms with Crippen LogP contribution in [-0.2, 0) is 4.79 Å². The summed E-state index contributed by atoms with van der Waals surface area (Å²) in [6.45, 7) is 1.73. The van der Waals surface area contributed by atoms with E-state index in [1.165, 1.54) is 5.56 Å². The first-order chi connectivity index (χ1) is 14.2. The standard InChI is InChI=1S/C23H22N2O4/c26-23(27)15-6-9-25(10-7-15)22(18-3-4-20-21(12-18)29-14-28-20)17-1-2-19-13-24-8-5-16(19)11-17/h1-5,8,11-13,15,22H,6-7,9-10,14H2,(H,26,27). The van der Waals surface area contributed by atoms with E-state index in [-0.39, 0.29) is 18.8 Å². The number of aromatic nitrogens is 1. The van der Waals surface area contributed by atoms with Gasteiger partial charge in [0.15, 0.2) is 11.5 Å². The van der Waals surface area contributed by atoms with E-state index in [0.717, 1.165) is 40.9 Å². The second kappa shape index (κ2) is 7.37. The van der Waals surface area contributed by atoms with Gasteiger partial charge >= 0.3 is 5.97 Å².